The van der Waals surface area contributed by atoms with E-state index in [-0.39, 0.29) is 16.8 Å². The first kappa shape index (κ1) is 16.2. The van der Waals surface area contributed by atoms with Crippen LogP contribution >= 0.6 is 24.0 Å². The Kier molecular flexibility index (Phi) is 15.9. The first-order valence-corrected chi connectivity index (χ1v) is 6.11. The summed E-state index contributed by atoms with van der Waals surface area (Å²) in [5.41, 5.74) is 0. The van der Waals surface area contributed by atoms with Crippen LogP contribution in [-0.2, 0) is 16.8 Å². The van der Waals surface area contributed by atoms with Crippen LogP contribution in [0.3, 0.4) is 0 Å². The van der Waals surface area contributed by atoms with Gasteiger partial charge in [-0.15, -0.1) is 0 Å². The van der Waals surface area contributed by atoms with Crippen LogP contribution in [-0.4, -0.2) is 16.6 Å². The van der Waals surface area contributed by atoms with Gasteiger partial charge < -0.3 is 5.32 Å². The van der Waals surface area contributed by atoms with Gasteiger partial charge in [0.1, 0.15) is 4.32 Å². The summed E-state index contributed by atoms with van der Waals surface area (Å²) < 4.78 is 0.969. The van der Waals surface area contributed by atoms with Gasteiger partial charge in [-0.3, -0.25) is 0 Å². The average Bonchev–Trinajstić information content (AvgIpc) is 2.06. The monoisotopic (exact) mass is 264 g/mol. The Morgan fingerprint density at radius 3 is 2.38 bits per heavy atom. The van der Waals surface area contributed by atoms with Crippen molar-refractivity contribution in [1.29, 1.82) is 0 Å². The van der Waals surface area contributed by atoms with Gasteiger partial charge in [-0.25, -0.2) is 0 Å². The van der Waals surface area contributed by atoms with Crippen molar-refractivity contribution in [2.45, 2.75) is 39.5 Å². The van der Waals surface area contributed by atoms with Gasteiger partial charge in [-0.05, 0) is 12.8 Å². The maximum Gasteiger partial charge on any atom is 0.133 e. The molecule has 0 aliphatic carbocycles. The second-order valence-corrected chi connectivity index (χ2v) is 4.54. The summed E-state index contributed by atoms with van der Waals surface area (Å²) in [4.78, 5) is 0. The molecule has 0 amide bonds. The van der Waals surface area contributed by atoms with Gasteiger partial charge in [0.05, 0.1) is 0 Å². The smallest absolute Gasteiger partial charge is 0.133 e. The molecule has 0 atom stereocenters. The summed E-state index contributed by atoms with van der Waals surface area (Å²) in [5.74, 6) is 1.16. The Bertz CT molecular complexity index is 108. The SMILES string of the molecule is CCCCNC(=S)SCCCC.[Co]. The molecule has 4 heteroatoms. The fraction of sp³-hybridized carbons (Fsp3) is 0.889. The quantitative estimate of drug-likeness (QED) is 0.584. The minimum absolute atomic E-state index is 0. The van der Waals surface area contributed by atoms with Gasteiger partial charge >= 0.3 is 0 Å². The Morgan fingerprint density at radius 1 is 1.23 bits per heavy atom. The Balaban J connectivity index is 0. The number of unbranched alkanes of at least 4 members (excludes halogenated alkanes) is 2. The molecule has 0 saturated heterocycles. The van der Waals surface area contributed by atoms with E-state index in [0.29, 0.717) is 0 Å². The molecule has 1 nitrogen and oxygen atoms in total. The van der Waals surface area contributed by atoms with Crippen LogP contribution in [0.25, 0.3) is 0 Å². The molecule has 13 heavy (non-hydrogen) atoms. The molecular formula is C9H19CoNS2. The number of hydrogen-bond donors (Lipinski definition) is 1. The fourth-order valence-electron chi connectivity index (χ4n) is 0.727. The molecule has 1 N–H and O–H groups in total. The number of rotatable bonds is 6. The number of thioether (sulfide) groups is 1. The maximum absolute atomic E-state index is 5.13. The molecule has 0 aromatic carbocycles. The zero-order chi connectivity index (χ0) is 9.23. The van der Waals surface area contributed by atoms with E-state index < -0.39 is 0 Å². The van der Waals surface area contributed by atoms with Crippen molar-refractivity contribution in [3.05, 3.63) is 0 Å². The van der Waals surface area contributed by atoms with Crippen LogP contribution in [0.2, 0.25) is 0 Å². The van der Waals surface area contributed by atoms with Crippen LogP contribution in [0.15, 0.2) is 0 Å². The second-order valence-electron chi connectivity index (χ2n) is 2.77. The van der Waals surface area contributed by atoms with E-state index in [4.69, 9.17) is 12.2 Å². The molecule has 0 saturated carbocycles. The molecule has 0 aliphatic heterocycles. The molecule has 0 bridgehead atoms. The number of thiocarbonyl (C=S) groups is 1. The van der Waals surface area contributed by atoms with E-state index in [1.807, 2.05) is 0 Å². The van der Waals surface area contributed by atoms with Crippen molar-refractivity contribution < 1.29 is 16.8 Å². The maximum atomic E-state index is 5.13. The third-order valence-corrected chi connectivity index (χ3v) is 2.93. The van der Waals surface area contributed by atoms with Crippen LogP contribution in [0.4, 0.5) is 0 Å². The van der Waals surface area contributed by atoms with Gasteiger partial charge in [0.15, 0.2) is 0 Å². The fourth-order valence-corrected chi connectivity index (χ4v) is 1.90. The predicted molar refractivity (Wildman–Crippen MR) is 62.9 cm³/mol. The van der Waals surface area contributed by atoms with Crippen molar-refractivity contribution in [3.8, 4) is 0 Å². The minimum Gasteiger partial charge on any atom is -0.371 e. The third kappa shape index (κ3) is 12.7. The van der Waals surface area contributed by atoms with Crippen LogP contribution < -0.4 is 5.32 Å². The van der Waals surface area contributed by atoms with Gasteiger partial charge in [-0.1, -0.05) is 50.7 Å². The molecule has 81 valence electrons. The van der Waals surface area contributed by atoms with Gasteiger partial charge in [0, 0.05) is 29.1 Å². The normalized spacial score (nSPS) is 9.08. The Hall–Kier alpha value is 0.746. The predicted octanol–water partition coefficient (Wildman–Crippen LogP) is 3.19. The van der Waals surface area contributed by atoms with E-state index in [9.17, 15) is 0 Å². The van der Waals surface area contributed by atoms with E-state index in [1.165, 1.54) is 25.7 Å². The first-order chi connectivity index (χ1) is 5.81. The second kappa shape index (κ2) is 12.7. The molecule has 0 aromatic heterocycles. The van der Waals surface area contributed by atoms with Crippen molar-refractivity contribution in [2.75, 3.05) is 12.3 Å². The summed E-state index contributed by atoms with van der Waals surface area (Å²) in [6.07, 6.45) is 4.97. The van der Waals surface area contributed by atoms with Gasteiger partial charge in [0.2, 0.25) is 0 Å². The van der Waals surface area contributed by atoms with E-state index in [2.05, 4.69) is 19.2 Å². The summed E-state index contributed by atoms with van der Waals surface area (Å²) in [6.45, 7) is 5.43. The van der Waals surface area contributed by atoms with Crippen molar-refractivity contribution in [2.24, 2.45) is 0 Å². The molecule has 0 rings (SSSR count). The van der Waals surface area contributed by atoms with Crippen LogP contribution in [0.1, 0.15) is 39.5 Å². The third-order valence-electron chi connectivity index (χ3n) is 1.53. The van der Waals surface area contributed by atoms with Crippen molar-refractivity contribution >= 4 is 28.3 Å². The molecule has 0 spiro atoms. The molecule has 0 heterocycles. The number of nitrogens with one attached hydrogen (secondary N) is 1. The Morgan fingerprint density at radius 2 is 1.85 bits per heavy atom. The van der Waals surface area contributed by atoms with E-state index >= 15 is 0 Å². The summed E-state index contributed by atoms with van der Waals surface area (Å²) in [7, 11) is 0. The standard InChI is InChI=1S/C9H19NS2.Co/c1-3-5-7-10-9(11)12-8-6-4-2;/h3-8H2,1-2H3,(H,10,11);. The van der Waals surface area contributed by atoms with Crippen LogP contribution in [0, 0.1) is 0 Å². The molecule has 0 fully saturated rings. The van der Waals surface area contributed by atoms with Gasteiger partial charge in [-0.2, -0.15) is 0 Å². The van der Waals surface area contributed by atoms with E-state index in [0.717, 1.165) is 16.6 Å². The minimum atomic E-state index is 0. The first-order valence-electron chi connectivity index (χ1n) is 4.71. The molecule has 0 unspecified atom stereocenters. The topological polar surface area (TPSA) is 12.0 Å². The summed E-state index contributed by atoms with van der Waals surface area (Å²) in [5, 5.41) is 3.24. The molecule has 0 aliphatic rings. The average molecular weight is 264 g/mol. The largest absolute Gasteiger partial charge is 0.371 e. The van der Waals surface area contributed by atoms with Crippen LogP contribution in [0.5, 0.6) is 0 Å². The van der Waals surface area contributed by atoms with Crippen molar-refractivity contribution in [3.63, 3.8) is 0 Å². The van der Waals surface area contributed by atoms with E-state index in [1.54, 1.807) is 11.8 Å². The van der Waals surface area contributed by atoms with Crippen molar-refractivity contribution in [1.82, 2.24) is 5.32 Å². The zero-order valence-corrected chi connectivity index (χ0v) is 11.1. The molecular weight excluding hydrogens is 245 g/mol. The zero-order valence-electron chi connectivity index (χ0n) is 8.39. The summed E-state index contributed by atoms with van der Waals surface area (Å²) in [6, 6.07) is 0. The Labute approximate surface area is 102 Å². The molecule has 0 aromatic rings. The number of hydrogen-bond acceptors (Lipinski definition) is 2. The van der Waals surface area contributed by atoms with Gasteiger partial charge in [0.25, 0.3) is 0 Å². The molecule has 1 radical (unpaired) electrons. The summed E-state index contributed by atoms with van der Waals surface area (Å²) >= 11 is 6.90.